The topological polar surface area (TPSA) is 40.8 Å². The van der Waals surface area contributed by atoms with Gasteiger partial charge >= 0.3 is 0 Å². The third-order valence-corrected chi connectivity index (χ3v) is 4.74. The lowest BCUT2D eigenvalue weighted by Crippen LogP contribution is -2.37. The van der Waals surface area contributed by atoms with Crippen molar-refractivity contribution in [3.8, 4) is 0 Å². The molecule has 0 spiro atoms. The molecule has 4 atom stereocenters. The van der Waals surface area contributed by atoms with Gasteiger partial charge in [0.25, 0.3) is 0 Å². The molecule has 4 aliphatic heterocycles. The molecular weight excluding hydrogens is 244 g/mol. The number of hydrogen-bond acceptors (Lipinski definition) is 5. The predicted octanol–water partition coefficient (Wildman–Crippen LogP) is 0.644. The Morgan fingerprint density at radius 3 is 1.89 bits per heavy atom. The minimum absolute atomic E-state index is 0.417. The average Bonchev–Trinajstić information content (AvgIpc) is 3.31. The van der Waals surface area contributed by atoms with Crippen LogP contribution in [0.2, 0.25) is 0 Å². The Bertz CT molecular complexity index is 298. The number of hydrogen-bond donors (Lipinski definition) is 0. The Morgan fingerprint density at radius 1 is 0.842 bits per heavy atom. The first-order valence-electron chi connectivity index (χ1n) is 7.78. The Kier molecular flexibility index (Phi) is 3.49. The van der Waals surface area contributed by atoms with Crippen molar-refractivity contribution in [1.82, 2.24) is 9.80 Å². The largest absolute Gasteiger partial charge is 0.379 e. The second-order valence-corrected chi connectivity index (χ2v) is 6.10. The van der Waals surface area contributed by atoms with Crippen LogP contribution in [-0.2, 0) is 14.2 Å². The number of rotatable bonds is 6. The van der Waals surface area contributed by atoms with Crippen molar-refractivity contribution in [3.05, 3.63) is 0 Å². The number of epoxide rings is 2. The molecule has 19 heavy (non-hydrogen) atoms. The van der Waals surface area contributed by atoms with Crippen molar-refractivity contribution >= 4 is 0 Å². The normalized spacial score (nSPS) is 41.7. The molecule has 4 fully saturated rings. The molecule has 0 aliphatic carbocycles. The molecule has 0 bridgehead atoms. The summed E-state index contributed by atoms with van der Waals surface area (Å²) >= 11 is 0. The van der Waals surface area contributed by atoms with E-state index in [0.29, 0.717) is 24.7 Å². The zero-order valence-electron chi connectivity index (χ0n) is 11.5. The van der Waals surface area contributed by atoms with Gasteiger partial charge in [0.1, 0.15) is 12.5 Å². The van der Waals surface area contributed by atoms with Crippen LogP contribution in [0, 0.1) is 0 Å². The van der Waals surface area contributed by atoms with Crippen LogP contribution in [0.3, 0.4) is 0 Å². The Morgan fingerprint density at radius 2 is 1.37 bits per heavy atom. The van der Waals surface area contributed by atoms with E-state index in [1.54, 1.807) is 0 Å². The highest BCUT2D eigenvalue weighted by atomic mass is 16.6. The van der Waals surface area contributed by atoms with Crippen LogP contribution in [0.1, 0.15) is 25.7 Å². The summed E-state index contributed by atoms with van der Waals surface area (Å²) in [5.41, 5.74) is 0. The Labute approximate surface area is 114 Å². The average molecular weight is 268 g/mol. The van der Waals surface area contributed by atoms with Gasteiger partial charge in [0.15, 0.2) is 0 Å². The smallest absolute Gasteiger partial charge is 0.137 e. The van der Waals surface area contributed by atoms with E-state index in [-0.39, 0.29) is 0 Å². The third-order valence-electron chi connectivity index (χ3n) is 4.74. The highest BCUT2D eigenvalue weighted by molar-refractivity contribution is 4.90. The fraction of sp³-hybridized carbons (Fsp3) is 1.00. The van der Waals surface area contributed by atoms with Gasteiger partial charge in [-0.1, -0.05) is 0 Å². The van der Waals surface area contributed by atoms with Gasteiger partial charge < -0.3 is 14.2 Å². The monoisotopic (exact) mass is 268 g/mol. The number of ether oxygens (including phenoxy) is 3. The molecule has 0 amide bonds. The van der Waals surface area contributed by atoms with Gasteiger partial charge in [-0.05, 0) is 25.7 Å². The molecule has 5 heteroatoms. The summed E-state index contributed by atoms with van der Waals surface area (Å²) in [6.45, 7) is 6.04. The van der Waals surface area contributed by atoms with Crippen molar-refractivity contribution in [1.29, 1.82) is 0 Å². The minimum Gasteiger partial charge on any atom is -0.379 e. The highest BCUT2D eigenvalue weighted by Crippen LogP contribution is 2.34. The molecule has 5 nitrogen and oxygen atoms in total. The second-order valence-electron chi connectivity index (χ2n) is 6.10. The zero-order chi connectivity index (χ0) is 12.7. The summed E-state index contributed by atoms with van der Waals surface area (Å²) in [7, 11) is 0. The fourth-order valence-corrected chi connectivity index (χ4v) is 3.52. The van der Waals surface area contributed by atoms with Crippen molar-refractivity contribution in [2.45, 2.75) is 50.3 Å². The van der Waals surface area contributed by atoms with Crippen LogP contribution in [0.5, 0.6) is 0 Å². The SMILES string of the molecule is C1CC2OC2N(CCOCCN2CCCC3OC32)C1. The molecule has 0 aromatic rings. The summed E-state index contributed by atoms with van der Waals surface area (Å²) < 4.78 is 17.0. The van der Waals surface area contributed by atoms with E-state index in [0.717, 1.165) is 26.3 Å². The second kappa shape index (κ2) is 5.30. The molecule has 4 heterocycles. The maximum absolute atomic E-state index is 5.78. The fourth-order valence-electron chi connectivity index (χ4n) is 3.52. The molecular formula is C14H24N2O3. The van der Waals surface area contributed by atoms with Crippen molar-refractivity contribution in [2.75, 3.05) is 39.4 Å². The summed E-state index contributed by atoms with van der Waals surface area (Å²) in [5.74, 6) is 0. The van der Waals surface area contributed by atoms with Crippen molar-refractivity contribution < 1.29 is 14.2 Å². The maximum Gasteiger partial charge on any atom is 0.137 e. The molecule has 0 radical (unpaired) electrons. The van der Waals surface area contributed by atoms with Crippen LogP contribution in [0.4, 0.5) is 0 Å². The van der Waals surface area contributed by atoms with Gasteiger partial charge in [-0.15, -0.1) is 0 Å². The van der Waals surface area contributed by atoms with Gasteiger partial charge in [-0.3, -0.25) is 9.80 Å². The van der Waals surface area contributed by atoms with Crippen LogP contribution in [0.25, 0.3) is 0 Å². The van der Waals surface area contributed by atoms with E-state index in [1.165, 1.54) is 38.8 Å². The molecule has 0 aromatic heterocycles. The first-order chi connectivity index (χ1) is 9.42. The number of likely N-dealkylation sites (tertiary alicyclic amines) is 2. The summed E-state index contributed by atoms with van der Waals surface area (Å²) in [6.07, 6.45) is 6.95. The Balaban J connectivity index is 1.09. The van der Waals surface area contributed by atoms with E-state index in [2.05, 4.69) is 9.80 Å². The standard InChI is InChI=1S/C14H24N2O3/c1-3-11-13(18-11)15(5-1)7-9-17-10-8-16-6-2-4-12-14(16)19-12/h11-14H,1-10H2. The first kappa shape index (κ1) is 12.5. The minimum atomic E-state index is 0.417. The van der Waals surface area contributed by atoms with Crippen LogP contribution in [-0.4, -0.2) is 73.9 Å². The molecule has 4 saturated heterocycles. The number of fused-ring (bicyclic) bond motifs is 2. The molecule has 0 saturated carbocycles. The van der Waals surface area contributed by atoms with E-state index in [9.17, 15) is 0 Å². The van der Waals surface area contributed by atoms with Crippen molar-refractivity contribution in [2.24, 2.45) is 0 Å². The van der Waals surface area contributed by atoms with Crippen LogP contribution >= 0.6 is 0 Å². The lowest BCUT2D eigenvalue weighted by atomic mass is 10.1. The predicted molar refractivity (Wildman–Crippen MR) is 69.8 cm³/mol. The first-order valence-corrected chi connectivity index (χ1v) is 7.78. The number of nitrogens with zero attached hydrogens (tertiary/aromatic N) is 2. The quantitative estimate of drug-likeness (QED) is 0.522. The van der Waals surface area contributed by atoms with Gasteiger partial charge in [0.2, 0.25) is 0 Å². The van der Waals surface area contributed by atoms with Gasteiger partial charge in [0.05, 0.1) is 25.4 Å². The zero-order valence-corrected chi connectivity index (χ0v) is 11.5. The van der Waals surface area contributed by atoms with Gasteiger partial charge in [-0.25, -0.2) is 0 Å². The van der Waals surface area contributed by atoms with E-state index in [1.807, 2.05) is 0 Å². The van der Waals surface area contributed by atoms with E-state index >= 15 is 0 Å². The van der Waals surface area contributed by atoms with E-state index < -0.39 is 0 Å². The molecule has 0 N–H and O–H groups in total. The maximum atomic E-state index is 5.78. The van der Waals surface area contributed by atoms with Crippen molar-refractivity contribution in [3.63, 3.8) is 0 Å². The van der Waals surface area contributed by atoms with Gasteiger partial charge in [-0.2, -0.15) is 0 Å². The third kappa shape index (κ3) is 2.81. The van der Waals surface area contributed by atoms with Crippen LogP contribution in [0.15, 0.2) is 0 Å². The summed E-state index contributed by atoms with van der Waals surface area (Å²) in [6, 6.07) is 0. The molecule has 0 aromatic carbocycles. The van der Waals surface area contributed by atoms with E-state index in [4.69, 9.17) is 14.2 Å². The molecule has 108 valence electrons. The lowest BCUT2D eigenvalue weighted by molar-refractivity contribution is 0.0574. The number of piperidine rings is 2. The summed E-state index contributed by atoms with van der Waals surface area (Å²) in [4.78, 5) is 4.85. The Hall–Kier alpha value is -0.200. The lowest BCUT2D eigenvalue weighted by Gasteiger charge is -2.24. The van der Waals surface area contributed by atoms with Gasteiger partial charge in [0, 0.05) is 26.2 Å². The molecule has 4 unspecified atom stereocenters. The van der Waals surface area contributed by atoms with Crippen LogP contribution < -0.4 is 0 Å². The molecule has 4 rings (SSSR count). The summed E-state index contributed by atoms with van der Waals surface area (Å²) in [5, 5.41) is 0. The molecule has 4 aliphatic rings. The highest BCUT2D eigenvalue weighted by Gasteiger charge is 2.46.